The van der Waals surface area contributed by atoms with Gasteiger partial charge < -0.3 is 11.1 Å². The van der Waals surface area contributed by atoms with Crippen molar-refractivity contribution < 1.29 is 0 Å². The van der Waals surface area contributed by atoms with Crippen LogP contribution in [0.25, 0.3) is 0 Å². The molecule has 1 saturated carbocycles. The van der Waals surface area contributed by atoms with E-state index in [1.165, 1.54) is 32.1 Å². The Morgan fingerprint density at radius 2 is 2.24 bits per heavy atom. The molecule has 1 heterocycles. The molecule has 1 aromatic heterocycles. The normalized spacial score (nSPS) is 16.0. The number of nitrogens with zero attached hydrogens (tertiary/aromatic N) is 1. The van der Waals surface area contributed by atoms with E-state index >= 15 is 0 Å². The second kappa shape index (κ2) is 5.96. The molecule has 2 rings (SSSR count). The summed E-state index contributed by atoms with van der Waals surface area (Å²) in [5.41, 5.74) is 7.29. The van der Waals surface area contributed by atoms with Gasteiger partial charge in [0.05, 0.1) is 5.69 Å². The average Bonchev–Trinajstić information content (AvgIpc) is 2.82. The summed E-state index contributed by atoms with van der Waals surface area (Å²) in [7, 11) is 0. The van der Waals surface area contributed by atoms with Crippen molar-refractivity contribution in [2.24, 2.45) is 11.7 Å². The lowest BCUT2D eigenvalue weighted by Crippen LogP contribution is -2.12. The fraction of sp³-hybridized carbons (Fsp3) is 0.538. The summed E-state index contributed by atoms with van der Waals surface area (Å²) in [6.07, 6.45) is 8.61. The maximum absolute atomic E-state index is 5.55. The smallest absolute Gasteiger partial charge is 0.122 e. The van der Waals surface area contributed by atoms with Crippen LogP contribution in [0.1, 0.15) is 37.8 Å². The van der Waals surface area contributed by atoms with Gasteiger partial charge in [0.2, 0.25) is 0 Å². The lowest BCUT2D eigenvalue weighted by Gasteiger charge is -2.11. The van der Waals surface area contributed by atoms with Crippen molar-refractivity contribution in [3.8, 4) is 0 Å². The molecule has 1 aliphatic rings. The van der Waals surface area contributed by atoms with E-state index in [-0.39, 0.29) is 0 Å². The fourth-order valence-electron chi connectivity index (χ4n) is 2.39. The molecule has 3 nitrogen and oxygen atoms in total. The Balaban J connectivity index is 1.81. The summed E-state index contributed by atoms with van der Waals surface area (Å²) in [6, 6.07) is 3.87. The Kier molecular flexibility index (Phi) is 4.31. The Morgan fingerprint density at radius 1 is 1.47 bits per heavy atom. The first-order valence-corrected chi connectivity index (χ1v) is 6.66. The fourth-order valence-corrected chi connectivity index (χ4v) is 2.51. The van der Waals surface area contributed by atoms with E-state index in [9.17, 15) is 0 Å². The van der Waals surface area contributed by atoms with Crippen LogP contribution in [0.15, 0.2) is 18.3 Å². The Labute approximate surface area is 108 Å². The number of aromatic nitrogens is 1. The van der Waals surface area contributed by atoms with Gasteiger partial charge in [-0.2, -0.15) is 0 Å². The average molecular weight is 249 g/mol. The largest absolute Gasteiger partial charge is 0.388 e. The highest BCUT2D eigenvalue weighted by Crippen LogP contribution is 2.27. The van der Waals surface area contributed by atoms with E-state index in [4.69, 9.17) is 18.0 Å². The number of hydrogen-bond donors (Lipinski definition) is 2. The van der Waals surface area contributed by atoms with Crippen LogP contribution >= 0.6 is 12.2 Å². The second-order valence-corrected chi connectivity index (χ2v) is 5.10. The molecule has 1 aromatic rings. The SMILES string of the molecule is NC(=S)c1cc(NCCC2CCCC2)ccn1. The standard InChI is InChI=1S/C13H19N3S/c14-13(17)12-9-11(6-8-16-12)15-7-5-10-3-1-2-4-10/h6,8-10H,1-5,7H2,(H2,14,17)(H,15,16). The maximum Gasteiger partial charge on any atom is 0.122 e. The molecule has 0 amide bonds. The third-order valence-corrected chi connectivity index (χ3v) is 3.58. The summed E-state index contributed by atoms with van der Waals surface area (Å²) in [5, 5.41) is 3.41. The Bertz CT molecular complexity index is 386. The van der Waals surface area contributed by atoms with Crippen LogP contribution in [-0.2, 0) is 0 Å². The van der Waals surface area contributed by atoms with Crippen LogP contribution in [0.3, 0.4) is 0 Å². The first-order valence-electron chi connectivity index (χ1n) is 6.25. The minimum Gasteiger partial charge on any atom is -0.388 e. The zero-order valence-electron chi connectivity index (χ0n) is 9.98. The molecule has 0 atom stereocenters. The van der Waals surface area contributed by atoms with Gasteiger partial charge in [0.1, 0.15) is 4.99 Å². The van der Waals surface area contributed by atoms with Gasteiger partial charge in [-0.1, -0.05) is 37.9 Å². The Morgan fingerprint density at radius 3 is 2.94 bits per heavy atom. The lowest BCUT2D eigenvalue weighted by atomic mass is 10.0. The van der Waals surface area contributed by atoms with Crippen molar-refractivity contribution in [2.45, 2.75) is 32.1 Å². The van der Waals surface area contributed by atoms with Crippen LogP contribution < -0.4 is 11.1 Å². The summed E-state index contributed by atoms with van der Waals surface area (Å²) >= 11 is 4.91. The molecular weight excluding hydrogens is 230 g/mol. The van der Waals surface area contributed by atoms with E-state index in [0.29, 0.717) is 10.7 Å². The van der Waals surface area contributed by atoms with Crippen molar-refractivity contribution in [3.05, 3.63) is 24.0 Å². The summed E-state index contributed by atoms with van der Waals surface area (Å²) < 4.78 is 0. The van der Waals surface area contributed by atoms with Gasteiger partial charge in [0.25, 0.3) is 0 Å². The number of nitrogens with two attached hydrogens (primary N) is 1. The second-order valence-electron chi connectivity index (χ2n) is 4.66. The number of nitrogens with one attached hydrogen (secondary N) is 1. The van der Waals surface area contributed by atoms with Crippen molar-refractivity contribution in [2.75, 3.05) is 11.9 Å². The van der Waals surface area contributed by atoms with Crippen molar-refractivity contribution in [3.63, 3.8) is 0 Å². The van der Waals surface area contributed by atoms with E-state index in [0.717, 1.165) is 18.2 Å². The summed E-state index contributed by atoms with van der Waals surface area (Å²) in [5.74, 6) is 0.916. The Hall–Kier alpha value is -1.16. The molecule has 0 bridgehead atoms. The van der Waals surface area contributed by atoms with Crippen LogP contribution in [0, 0.1) is 5.92 Å². The van der Waals surface area contributed by atoms with Gasteiger partial charge >= 0.3 is 0 Å². The topological polar surface area (TPSA) is 50.9 Å². The molecule has 4 heteroatoms. The third-order valence-electron chi connectivity index (χ3n) is 3.37. The van der Waals surface area contributed by atoms with Crippen molar-refractivity contribution in [1.82, 2.24) is 4.98 Å². The van der Waals surface area contributed by atoms with Gasteiger partial charge in [0.15, 0.2) is 0 Å². The molecular formula is C13H19N3S. The monoisotopic (exact) mass is 249 g/mol. The van der Waals surface area contributed by atoms with Crippen LogP contribution in [0.5, 0.6) is 0 Å². The molecule has 1 fully saturated rings. The van der Waals surface area contributed by atoms with E-state index < -0.39 is 0 Å². The number of thiocarbonyl (C=S) groups is 1. The summed E-state index contributed by atoms with van der Waals surface area (Å²) in [6.45, 7) is 1.02. The molecule has 0 aliphatic heterocycles. The molecule has 17 heavy (non-hydrogen) atoms. The number of anilines is 1. The molecule has 92 valence electrons. The maximum atomic E-state index is 5.55. The van der Waals surface area contributed by atoms with E-state index in [1.54, 1.807) is 6.20 Å². The van der Waals surface area contributed by atoms with Gasteiger partial charge in [-0.3, -0.25) is 4.98 Å². The molecule has 0 saturated heterocycles. The highest BCUT2D eigenvalue weighted by atomic mass is 32.1. The quantitative estimate of drug-likeness (QED) is 0.788. The predicted octanol–water partition coefficient (Wildman–Crippen LogP) is 2.71. The molecule has 0 radical (unpaired) electrons. The third kappa shape index (κ3) is 3.66. The predicted molar refractivity (Wildman–Crippen MR) is 75.2 cm³/mol. The number of rotatable bonds is 5. The zero-order chi connectivity index (χ0) is 12.1. The molecule has 0 spiro atoms. The first-order chi connectivity index (χ1) is 8.25. The highest BCUT2D eigenvalue weighted by Gasteiger charge is 2.13. The molecule has 1 aliphatic carbocycles. The number of hydrogen-bond acceptors (Lipinski definition) is 3. The summed E-state index contributed by atoms with van der Waals surface area (Å²) in [4.78, 5) is 4.47. The van der Waals surface area contributed by atoms with Gasteiger partial charge in [-0.05, 0) is 24.5 Å². The highest BCUT2D eigenvalue weighted by molar-refractivity contribution is 7.80. The zero-order valence-corrected chi connectivity index (χ0v) is 10.8. The van der Waals surface area contributed by atoms with Crippen molar-refractivity contribution in [1.29, 1.82) is 0 Å². The number of pyridine rings is 1. The minimum atomic E-state index is 0.351. The molecule has 0 unspecified atom stereocenters. The van der Waals surface area contributed by atoms with Crippen LogP contribution in [-0.4, -0.2) is 16.5 Å². The lowest BCUT2D eigenvalue weighted by molar-refractivity contribution is 0.518. The van der Waals surface area contributed by atoms with E-state index in [1.807, 2.05) is 12.1 Å². The first kappa shape index (κ1) is 12.3. The van der Waals surface area contributed by atoms with Gasteiger partial charge in [0, 0.05) is 18.4 Å². The van der Waals surface area contributed by atoms with E-state index in [2.05, 4.69) is 10.3 Å². The van der Waals surface area contributed by atoms with Crippen LogP contribution in [0.4, 0.5) is 5.69 Å². The van der Waals surface area contributed by atoms with Gasteiger partial charge in [-0.25, -0.2) is 0 Å². The van der Waals surface area contributed by atoms with Gasteiger partial charge in [-0.15, -0.1) is 0 Å². The minimum absolute atomic E-state index is 0.351. The van der Waals surface area contributed by atoms with Crippen LogP contribution in [0.2, 0.25) is 0 Å². The molecule has 0 aromatic carbocycles. The van der Waals surface area contributed by atoms with Crippen molar-refractivity contribution >= 4 is 22.9 Å². The molecule has 3 N–H and O–H groups in total.